The zero-order valence-corrected chi connectivity index (χ0v) is 33.4. The van der Waals surface area contributed by atoms with Crippen molar-refractivity contribution < 1.29 is 4.42 Å². The number of benzene rings is 10. The molecule has 2 heteroatoms. The predicted octanol–water partition coefficient (Wildman–Crippen LogP) is 15.9. The minimum Gasteiger partial charge on any atom is -0.456 e. The molecule has 0 atom stereocenters. The molecular formula is C59H39NO. The van der Waals surface area contributed by atoms with Gasteiger partial charge in [0.15, 0.2) is 0 Å². The summed E-state index contributed by atoms with van der Waals surface area (Å²) in [6.45, 7) is 0. The second-order valence-corrected chi connectivity index (χ2v) is 15.9. The molecule has 1 aliphatic rings. The van der Waals surface area contributed by atoms with Crippen molar-refractivity contribution in [1.29, 1.82) is 0 Å². The summed E-state index contributed by atoms with van der Waals surface area (Å²) in [4.78, 5) is 2.52. The molecule has 0 fully saturated rings. The molecule has 0 unspecified atom stereocenters. The fourth-order valence-corrected chi connectivity index (χ4v) is 10.2. The van der Waals surface area contributed by atoms with Crippen LogP contribution in [0, 0.1) is 0 Å². The van der Waals surface area contributed by atoms with Crippen molar-refractivity contribution in [3.63, 3.8) is 0 Å². The molecule has 0 saturated heterocycles. The van der Waals surface area contributed by atoms with Crippen LogP contribution < -0.4 is 4.90 Å². The van der Waals surface area contributed by atoms with Crippen LogP contribution in [0.5, 0.6) is 0 Å². The Bertz CT molecular complexity index is 3380. The Hall–Kier alpha value is -7.94. The van der Waals surface area contributed by atoms with Crippen molar-refractivity contribution in [1.82, 2.24) is 0 Å². The monoisotopic (exact) mass is 777 g/mol. The first-order valence-corrected chi connectivity index (χ1v) is 21.0. The van der Waals surface area contributed by atoms with E-state index in [0.29, 0.717) is 0 Å². The molecule has 0 saturated carbocycles. The number of fused-ring (bicyclic) bond motifs is 7. The zero-order chi connectivity index (χ0) is 40.3. The average molecular weight is 778 g/mol. The van der Waals surface area contributed by atoms with Crippen LogP contribution in [0.4, 0.5) is 17.1 Å². The Balaban J connectivity index is 1.19. The molecule has 12 rings (SSSR count). The predicted molar refractivity (Wildman–Crippen MR) is 254 cm³/mol. The maximum Gasteiger partial charge on any atom is 0.136 e. The molecule has 0 radical (unpaired) electrons. The molecule has 1 aliphatic carbocycles. The number of hydrogen-bond acceptors (Lipinski definition) is 2. The van der Waals surface area contributed by atoms with Gasteiger partial charge < -0.3 is 9.32 Å². The first kappa shape index (κ1) is 35.0. The van der Waals surface area contributed by atoms with Gasteiger partial charge in [0.25, 0.3) is 0 Å². The van der Waals surface area contributed by atoms with Gasteiger partial charge in [0.2, 0.25) is 0 Å². The van der Waals surface area contributed by atoms with Crippen LogP contribution in [0.25, 0.3) is 66.1 Å². The maximum atomic E-state index is 6.66. The lowest BCUT2D eigenvalue weighted by Crippen LogP contribution is -2.28. The zero-order valence-electron chi connectivity index (χ0n) is 33.4. The van der Waals surface area contributed by atoms with E-state index in [1.807, 2.05) is 0 Å². The Labute approximate surface area is 355 Å². The van der Waals surface area contributed by atoms with Crippen molar-refractivity contribution in [2.75, 3.05) is 4.90 Å². The highest BCUT2D eigenvalue weighted by atomic mass is 16.3. The summed E-state index contributed by atoms with van der Waals surface area (Å²) in [5.41, 5.74) is 16.5. The van der Waals surface area contributed by atoms with E-state index in [9.17, 15) is 0 Å². The van der Waals surface area contributed by atoms with Gasteiger partial charge in [0.1, 0.15) is 11.2 Å². The van der Waals surface area contributed by atoms with E-state index in [0.717, 1.165) is 61.3 Å². The molecule has 0 bridgehead atoms. The lowest BCUT2D eigenvalue weighted by molar-refractivity contribution is 0.669. The highest BCUT2D eigenvalue weighted by Gasteiger charge is 2.47. The van der Waals surface area contributed by atoms with Gasteiger partial charge in [-0.2, -0.15) is 0 Å². The largest absolute Gasteiger partial charge is 0.456 e. The normalized spacial score (nSPS) is 12.7. The first-order chi connectivity index (χ1) is 30.3. The van der Waals surface area contributed by atoms with E-state index in [1.165, 1.54) is 44.2 Å². The van der Waals surface area contributed by atoms with Gasteiger partial charge in [-0.1, -0.05) is 200 Å². The van der Waals surface area contributed by atoms with Gasteiger partial charge in [0, 0.05) is 27.5 Å². The fourth-order valence-electron chi connectivity index (χ4n) is 10.2. The molecule has 61 heavy (non-hydrogen) atoms. The number of para-hydroxylation sites is 2. The van der Waals surface area contributed by atoms with Gasteiger partial charge in [-0.25, -0.2) is 0 Å². The summed E-state index contributed by atoms with van der Waals surface area (Å²) in [5.74, 6) is 0. The smallest absolute Gasteiger partial charge is 0.136 e. The van der Waals surface area contributed by atoms with Crippen LogP contribution in [0.3, 0.4) is 0 Å². The summed E-state index contributed by atoms with van der Waals surface area (Å²) in [5, 5.41) is 4.58. The van der Waals surface area contributed by atoms with E-state index in [2.05, 4.69) is 241 Å². The summed E-state index contributed by atoms with van der Waals surface area (Å²) >= 11 is 0. The van der Waals surface area contributed by atoms with Crippen LogP contribution in [0.2, 0.25) is 0 Å². The average Bonchev–Trinajstić information content (AvgIpc) is 3.86. The quantitative estimate of drug-likeness (QED) is 0.160. The molecule has 0 aliphatic heterocycles. The van der Waals surface area contributed by atoms with E-state index in [1.54, 1.807) is 0 Å². The number of nitrogens with zero attached hydrogens (tertiary/aromatic N) is 1. The minimum absolute atomic E-state index is 0.543. The van der Waals surface area contributed by atoms with Crippen LogP contribution in [0.15, 0.2) is 241 Å². The van der Waals surface area contributed by atoms with E-state index in [-0.39, 0.29) is 0 Å². The maximum absolute atomic E-state index is 6.66. The molecular weight excluding hydrogens is 739 g/mol. The van der Waals surface area contributed by atoms with Gasteiger partial charge in [-0.05, 0) is 86.1 Å². The second-order valence-electron chi connectivity index (χ2n) is 15.9. The summed E-state index contributed by atoms with van der Waals surface area (Å²) in [6, 6.07) is 86.1. The molecule has 1 aromatic heterocycles. The van der Waals surface area contributed by atoms with Gasteiger partial charge in [-0.15, -0.1) is 0 Å². The Morgan fingerprint density at radius 2 is 0.852 bits per heavy atom. The number of anilines is 3. The van der Waals surface area contributed by atoms with Crippen molar-refractivity contribution in [3.05, 3.63) is 259 Å². The topological polar surface area (TPSA) is 16.4 Å². The lowest BCUT2D eigenvalue weighted by atomic mass is 9.68. The molecule has 0 spiro atoms. The number of hydrogen-bond donors (Lipinski definition) is 0. The Morgan fingerprint density at radius 1 is 0.344 bits per heavy atom. The Kier molecular flexibility index (Phi) is 8.11. The fraction of sp³-hybridized carbons (Fsp3) is 0.0169. The summed E-state index contributed by atoms with van der Waals surface area (Å²) < 4.78 is 6.66. The van der Waals surface area contributed by atoms with Crippen LogP contribution >= 0.6 is 0 Å². The minimum atomic E-state index is -0.543. The standard InChI is InChI=1S/C59H39NO/c1-4-20-40(21-5-1)45-28-13-16-34-52(45)60(53-35-17-14-29-46(53)47-31-18-37-55-57(47)49-38-41-22-10-11-23-42(41)39-56(49)61-55)54-36-19-33-51-58(54)48-30-12-15-32-50(48)59(51,43-24-6-2-7-25-43)44-26-8-3-9-27-44/h1-39H. The van der Waals surface area contributed by atoms with Crippen LogP contribution in [-0.4, -0.2) is 0 Å². The molecule has 2 nitrogen and oxygen atoms in total. The van der Waals surface area contributed by atoms with Crippen LogP contribution in [-0.2, 0) is 5.41 Å². The number of furan rings is 1. The molecule has 286 valence electrons. The van der Waals surface area contributed by atoms with Crippen molar-refractivity contribution >= 4 is 49.8 Å². The van der Waals surface area contributed by atoms with Crippen molar-refractivity contribution in [2.24, 2.45) is 0 Å². The van der Waals surface area contributed by atoms with Crippen molar-refractivity contribution in [2.45, 2.75) is 5.41 Å². The summed E-state index contributed by atoms with van der Waals surface area (Å²) in [6.07, 6.45) is 0. The Morgan fingerprint density at radius 3 is 1.57 bits per heavy atom. The first-order valence-electron chi connectivity index (χ1n) is 21.0. The molecule has 0 N–H and O–H groups in total. The lowest BCUT2D eigenvalue weighted by Gasteiger charge is -2.35. The van der Waals surface area contributed by atoms with Gasteiger partial charge >= 0.3 is 0 Å². The molecule has 1 heterocycles. The SMILES string of the molecule is c1ccc(-c2ccccc2N(c2ccccc2-c2cccc3oc4cc5ccccc5cc4c23)c2cccc3c2-c2ccccc2C3(c2ccccc2)c2ccccc2)cc1. The van der Waals surface area contributed by atoms with E-state index >= 15 is 0 Å². The number of rotatable bonds is 7. The van der Waals surface area contributed by atoms with Gasteiger partial charge in [-0.3, -0.25) is 0 Å². The summed E-state index contributed by atoms with van der Waals surface area (Å²) in [7, 11) is 0. The third kappa shape index (κ3) is 5.36. The molecule has 10 aromatic carbocycles. The highest BCUT2D eigenvalue weighted by Crippen LogP contribution is 2.60. The second kappa shape index (κ2) is 14.1. The molecule has 11 aromatic rings. The van der Waals surface area contributed by atoms with Gasteiger partial charge in [0.05, 0.1) is 22.5 Å². The van der Waals surface area contributed by atoms with Crippen LogP contribution in [0.1, 0.15) is 22.3 Å². The van der Waals surface area contributed by atoms with E-state index < -0.39 is 5.41 Å². The third-order valence-electron chi connectivity index (χ3n) is 12.7. The third-order valence-corrected chi connectivity index (χ3v) is 12.7. The van der Waals surface area contributed by atoms with E-state index in [4.69, 9.17) is 4.42 Å². The molecule has 0 amide bonds. The van der Waals surface area contributed by atoms with Crippen molar-refractivity contribution in [3.8, 4) is 33.4 Å². The highest BCUT2D eigenvalue weighted by molar-refractivity contribution is 6.17.